The number of hydrogen-bond donors (Lipinski definition) is 2. The molecule has 0 fully saturated rings. The van der Waals surface area contributed by atoms with Crippen LogP contribution in [0.3, 0.4) is 0 Å². The van der Waals surface area contributed by atoms with Gasteiger partial charge in [0.2, 0.25) is 5.91 Å². The summed E-state index contributed by atoms with van der Waals surface area (Å²) in [6.07, 6.45) is 0.482. The molecule has 0 saturated heterocycles. The number of benzene rings is 1. The molecule has 1 aromatic carbocycles. The normalized spacial score (nSPS) is 10.1. The van der Waals surface area contributed by atoms with Gasteiger partial charge < -0.3 is 10.6 Å². The molecule has 0 aliphatic carbocycles. The Kier molecular flexibility index (Phi) is 5.10. The number of hydrogen-bond acceptors (Lipinski definition) is 2. The molecule has 4 heteroatoms. The molecule has 1 aromatic rings. The summed E-state index contributed by atoms with van der Waals surface area (Å²) in [4.78, 5) is 11.5. The number of carbonyl (C=O) groups excluding carboxylic acids is 1. The maximum atomic E-state index is 11.5. The lowest BCUT2D eigenvalue weighted by molar-refractivity contribution is -0.120. The number of anilines is 1. The van der Waals surface area contributed by atoms with Gasteiger partial charge in [-0.2, -0.15) is 0 Å². The van der Waals surface area contributed by atoms with Crippen molar-refractivity contribution >= 4 is 28.9 Å². The first-order valence-corrected chi connectivity index (χ1v) is 6.06. The fourth-order valence-corrected chi connectivity index (χ4v) is 1.64. The molecule has 0 spiro atoms. The minimum Gasteiger partial charge on any atom is -0.332 e. The molecule has 0 aliphatic heterocycles. The van der Waals surface area contributed by atoms with Crippen LogP contribution in [-0.4, -0.2) is 11.0 Å². The van der Waals surface area contributed by atoms with Gasteiger partial charge >= 0.3 is 0 Å². The summed E-state index contributed by atoms with van der Waals surface area (Å²) in [6.45, 7) is 5.98. The predicted octanol–water partition coefficient (Wildman–Crippen LogP) is 2.85. The standard InChI is InChI=1S/C13H18N2OS/c1-9(2)8-12(16)15-13(17)14-11-7-5-4-6-10(11)3/h4-7,9H,8H2,1-3H3,(H2,14,15,16,17). The third-order valence-electron chi connectivity index (χ3n) is 2.24. The van der Waals surface area contributed by atoms with Gasteiger partial charge in [-0.1, -0.05) is 32.0 Å². The Labute approximate surface area is 108 Å². The third kappa shape index (κ3) is 4.95. The third-order valence-corrected chi connectivity index (χ3v) is 2.44. The number of carbonyl (C=O) groups is 1. The van der Waals surface area contributed by atoms with Crippen LogP contribution in [-0.2, 0) is 4.79 Å². The van der Waals surface area contributed by atoms with Crippen LogP contribution in [0.2, 0.25) is 0 Å². The summed E-state index contributed by atoms with van der Waals surface area (Å²) in [6, 6.07) is 7.80. The second kappa shape index (κ2) is 6.35. The fraction of sp³-hybridized carbons (Fsp3) is 0.385. The Morgan fingerprint density at radius 2 is 2.00 bits per heavy atom. The largest absolute Gasteiger partial charge is 0.332 e. The van der Waals surface area contributed by atoms with Gasteiger partial charge in [0.25, 0.3) is 0 Å². The van der Waals surface area contributed by atoms with E-state index in [1.54, 1.807) is 0 Å². The van der Waals surface area contributed by atoms with E-state index >= 15 is 0 Å². The molecule has 1 amide bonds. The van der Waals surface area contributed by atoms with Gasteiger partial charge in [-0.05, 0) is 36.7 Å². The minimum absolute atomic E-state index is 0.0499. The lowest BCUT2D eigenvalue weighted by atomic mass is 10.1. The first-order valence-electron chi connectivity index (χ1n) is 5.65. The summed E-state index contributed by atoms with van der Waals surface area (Å²) in [5.74, 6) is 0.280. The van der Waals surface area contributed by atoms with Crippen LogP contribution in [0, 0.1) is 12.8 Å². The smallest absolute Gasteiger partial charge is 0.226 e. The number of aryl methyl sites for hydroxylation is 1. The Morgan fingerprint density at radius 1 is 1.35 bits per heavy atom. The van der Waals surface area contributed by atoms with E-state index in [0.29, 0.717) is 17.5 Å². The first kappa shape index (κ1) is 13.6. The van der Waals surface area contributed by atoms with Gasteiger partial charge in [-0.3, -0.25) is 4.79 Å². The molecule has 0 saturated carbocycles. The highest BCUT2D eigenvalue weighted by Gasteiger charge is 2.07. The summed E-state index contributed by atoms with van der Waals surface area (Å²) < 4.78 is 0. The Bertz CT molecular complexity index is 416. The molecule has 1 rings (SSSR count). The number of para-hydroxylation sites is 1. The molecule has 92 valence electrons. The zero-order valence-electron chi connectivity index (χ0n) is 10.4. The molecule has 3 nitrogen and oxygen atoms in total. The fourth-order valence-electron chi connectivity index (χ4n) is 1.42. The van der Waals surface area contributed by atoms with Gasteiger partial charge in [0.05, 0.1) is 0 Å². The quantitative estimate of drug-likeness (QED) is 0.811. The van der Waals surface area contributed by atoms with Crippen LogP contribution in [0.4, 0.5) is 5.69 Å². The van der Waals surface area contributed by atoms with Gasteiger partial charge in [-0.15, -0.1) is 0 Å². The Hall–Kier alpha value is -1.42. The van der Waals surface area contributed by atoms with Crippen molar-refractivity contribution in [2.24, 2.45) is 5.92 Å². The molecule has 0 aromatic heterocycles. The van der Waals surface area contributed by atoms with E-state index < -0.39 is 0 Å². The van der Waals surface area contributed by atoms with Crippen LogP contribution >= 0.6 is 12.2 Å². The van der Waals surface area contributed by atoms with Crippen molar-refractivity contribution in [3.8, 4) is 0 Å². The van der Waals surface area contributed by atoms with E-state index in [1.807, 2.05) is 45.0 Å². The zero-order chi connectivity index (χ0) is 12.8. The maximum Gasteiger partial charge on any atom is 0.226 e. The SMILES string of the molecule is Cc1ccccc1NC(=S)NC(=O)CC(C)C. The van der Waals surface area contributed by atoms with E-state index in [-0.39, 0.29) is 5.91 Å². The second-order valence-electron chi connectivity index (χ2n) is 4.42. The number of rotatable bonds is 3. The highest BCUT2D eigenvalue weighted by atomic mass is 32.1. The predicted molar refractivity (Wildman–Crippen MR) is 75.0 cm³/mol. The van der Waals surface area contributed by atoms with Crippen LogP contribution in [0.15, 0.2) is 24.3 Å². The second-order valence-corrected chi connectivity index (χ2v) is 4.82. The van der Waals surface area contributed by atoms with Crippen LogP contribution in [0.5, 0.6) is 0 Å². The van der Waals surface area contributed by atoms with Crippen molar-refractivity contribution in [1.82, 2.24) is 5.32 Å². The summed E-state index contributed by atoms with van der Waals surface area (Å²) in [5.41, 5.74) is 2.01. The molecule has 0 heterocycles. The maximum absolute atomic E-state index is 11.5. The molecule has 0 atom stereocenters. The van der Waals surface area contributed by atoms with E-state index in [2.05, 4.69) is 10.6 Å². The Morgan fingerprint density at radius 3 is 2.59 bits per heavy atom. The number of nitrogens with one attached hydrogen (secondary N) is 2. The average Bonchev–Trinajstić information content (AvgIpc) is 2.19. The van der Waals surface area contributed by atoms with Crippen molar-refractivity contribution in [2.45, 2.75) is 27.2 Å². The van der Waals surface area contributed by atoms with E-state index in [4.69, 9.17) is 12.2 Å². The summed E-state index contributed by atoms with van der Waals surface area (Å²) in [5, 5.41) is 6.03. The van der Waals surface area contributed by atoms with Crippen molar-refractivity contribution in [3.05, 3.63) is 29.8 Å². The van der Waals surface area contributed by atoms with Crippen LogP contribution in [0.1, 0.15) is 25.8 Å². The Balaban J connectivity index is 2.51. The number of amides is 1. The highest BCUT2D eigenvalue weighted by molar-refractivity contribution is 7.80. The van der Waals surface area contributed by atoms with Crippen molar-refractivity contribution < 1.29 is 4.79 Å². The van der Waals surface area contributed by atoms with Crippen molar-refractivity contribution in [3.63, 3.8) is 0 Å². The van der Waals surface area contributed by atoms with Gasteiger partial charge in [0.1, 0.15) is 0 Å². The molecule has 0 radical (unpaired) electrons. The van der Waals surface area contributed by atoms with Gasteiger partial charge in [0, 0.05) is 12.1 Å². The minimum atomic E-state index is -0.0499. The van der Waals surface area contributed by atoms with Gasteiger partial charge in [-0.25, -0.2) is 0 Å². The van der Waals surface area contributed by atoms with Crippen LogP contribution in [0.25, 0.3) is 0 Å². The van der Waals surface area contributed by atoms with E-state index in [1.165, 1.54) is 0 Å². The van der Waals surface area contributed by atoms with Crippen LogP contribution < -0.4 is 10.6 Å². The lowest BCUT2D eigenvalue weighted by Gasteiger charge is -2.12. The summed E-state index contributed by atoms with van der Waals surface area (Å²) in [7, 11) is 0. The molecule has 0 unspecified atom stereocenters. The number of thiocarbonyl (C=S) groups is 1. The van der Waals surface area contributed by atoms with Gasteiger partial charge in [0.15, 0.2) is 5.11 Å². The van der Waals surface area contributed by atoms with E-state index in [9.17, 15) is 4.79 Å². The first-order chi connectivity index (χ1) is 7.99. The molecular weight excluding hydrogens is 232 g/mol. The molecule has 0 bridgehead atoms. The van der Waals surface area contributed by atoms with Crippen molar-refractivity contribution in [2.75, 3.05) is 5.32 Å². The molecule has 2 N–H and O–H groups in total. The molecule has 0 aliphatic rings. The summed E-state index contributed by atoms with van der Waals surface area (Å²) >= 11 is 5.08. The van der Waals surface area contributed by atoms with Crippen molar-refractivity contribution in [1.29, 1.82) is 0 Å². The molecule has 17 heavy (non-hydrogen) atoms. The lowest BCUT2D eigenvalue weighted by Crippen LogP contribution is -2.34. The molecular formula is C13H18N2OS. The highest BCUT2D eigenvalue weighted by Crippen LogP contribution is 2.12. The van der Waals surface area contributed by atoms with E-state index in [0.717, 1.165) is 11.3 Å². The average molecular weight is 250 g/mol. The zero-order valence-corrected chi connectivity index (χ0v) is 11.2. The monoisotopic (exact) mass is 250 g/mol. The topological polar surface area (TPSA) is 41.1 Å².